The number of imidazole rings is 1. The molecule has 0 aliphatic heterocycles. The molecule has 0 aliphatic rings. The Morgan fingerprint density at radius 3 is 2.71 bits per heavy atom. The number of nitrogens with zero attached hydrogens (tertiary/aromatic N) is 3. The molecule has 5 heteroatoms. The van der Waals surface area contributed by atoms with Crippen LogP contribution >= 0.6 is 23.2 Å². The summed E-state index contributed by atoms with van der Waals surface area (Å²) in [5.41, 5.74) is 3.85. The Morgan fingerprint density at radius 1 is 1.24 bits per heavy atom. The molecular formula is C16H11Cl2N3. The molecule has 0 fully saturated rings. The first-order valence-corrected chi connectivity index (χ1v) is 7.30. The average molecular weight is 316 g/mol. The number of hydrogen-bond acceptors (Lipinski definition) is 2. The van der Waals surface area contributed by atoms with Gasteiger partial charge in [0.25, 0.3) is 0 Å². The van der Waals surface area contributed by atoms with Crippen LogP contribution < -0.4 is 0 Å². The maximum absolute atomic E-state index is 9.45. The second kappa shape index (κ2) is 5.40. The molecule has 21 heavy (non-hydrogen) atoms. The van der Waals surface area contributed by atoms with Gasteiger partial charge >= 0.3 is 0 Å². The zero-order chi connectivity index (χ0) is 15.0. The van der Waals surface area contributed by atoms with E-state index in [0.717, 1.165) is 16.8 Å². The van der Waals surface area contributed by atoms with Crippen molar-refractivity contribution < 1.29 is 0 Å². The normalized spacial score (nSPS) is 10.8. The predicted molar refractivity (Wildman–Crippen MR) is 85.1 cm³/mol. The van der Waals surface area contributed by atoms with Gasteiger partial charge in [-0.15, -0.1) is 11.6 Å². The molecule has 0 unspecified atom stereocenters. The molecule has 0 bridgehead atoms. The molecule has 0 amide bonds. The maximum atomic E-state index is 9.45. The number of hydrogen-bond donors (Lipinski definition) is 0. The van der Waals surface area contributed by atoms with Crippen molar-refractivity contribution in [1.29, 1.82) is 5.26 Å². The Kier molecular flexibility index (Phi) is 3.59. The summed E-state index contributed by atoms with van der Waals surface area (Å²) in [6, 6.07) is 13.6. The number of aromatic nitrogens is 2. The molecule has 0 atom stereocenters. The highest BCUT2D eigenvalue weighted by Crippen LogP contribution is 2.29. The van der Waals surface area contributed by atoms with Crippen molar-refractivity contribution in [3.63, 3.8) is 0 Å². The monoisotopic (exact) mass is 315 g/mol. The highest BCUT2D eigenvalue weighted by atomic mass is 35.5. The van der Waals surface area contributed by atoms with E-state index >= 15 is 0 Å². The van der Waals surface area contributed by atoms with Gasteiger partial charge in [-0.05, 0) is 30.7 Å². The maximum Gasteiger partial charge on any atom is 0.129 e. The summed E-state index contributed by atoms with van der Waals surface area (Å²) in [5.74, 6) is 0.908. The molecular weight excluding hydrogens is 305 g/mol. The van der Waals surface area contributed by atoms with Crippen LogP contribution in [0.4, 0.5) is 0 Å². The summed E-state index contributed by atoms with van der Waals surface area (Å²) in [7, 11) is 0. The smallest absolute Gasteiger partial charge is 0.129 e. The fraction of sp³-hybridized carbons (Fsp3) is 0.125. The van der Waals surface area contributed by atoms with E-state index in [2.05, 4.69) is 11.1 Å². The van der Waals surface area contributed by atoms with Crippen molar-refractivity contribution in [3.8, 4) is 11.8 Å². The Bertz CT molecular complexity index is 875. The summed E-state index contributed by atoms with van der Waals surface area (Å²) in [4.78, 5) is 4.50. The highest BCUT2D eigenvalue weighted by molar-refractivity contribution is 6.35. The zero-order valence-corrected chi connectivity index (χ0v) is 12.8. The fourth-order valence-corrected chi connectivity index (χ4v) is 2.85. The molecule has 1 aromatic heterocycles. The third-order valence-electron chi connectivity index (χ3n) is 3.43. The molecule has 3 nitrogen and oxygen atoms in total. The minimum atomic E-state index is 0.240. The van der Waals surface area contributed by atoms with Crippen LogP contribution in [0.5, 0.6) is 0 Å². The van der Waals surface area contributed by atoms with Crippen LogP contribution in [0.3, 0.4) is 0 Å². The van der Waals surface area contributed by atoms with Gasteiger partial charge < -0.3 is 0 Å². The summed E-state index contributed by atoms with van der Waals surface area (Å²) in [5, 5.41) is 10.0. The van der Waals surface area contributed by atoms with Crippen LogP contribution in [0.25, 0.3) is 16.7 Å². The lowest BCUT2D eigenvalue weighted by Crippen LogP contribution is -2.03. The van der Waals surface area contributed by atoms with Crippen molar-refractivity contribution in [2.24, 2.45) is 0 Å². The topological polar surface area (TPSA) is 41.6 Å². The van der Waals surface area contributed by atoms with Crippen LogP contribution in [0, 0.1) is 18.3 Å². The molecule has 2 aromatic carbocycles. The molecule has 104 valence electrons. The van der Waals surface area contributed by atoms with E-state index in [1.807, 2.05) is 41.8 Å². The van der Waals surface area contributed by atoms with Gasteiger partial charge in [0.15, 0.2) is 0 Å². The number of nitriles is 1. The summed E-state index contributed by atoms with van der Waals surface area (Å²) in [6.07, 6.45) is 0. The second-order valence-corrected chi connectivity index (χ2v) is 5.36. The molecule has 0 spiro atoms. The quantitative estimate of drug-likeness (QED) is 0.648. The molecule has 0 radical (unpaired) electrons. The largest absolute Gasteiger partial charge is 0.294 e. The molecule has 0 N–H and O–H groups in total. The van der Waals surface area contributed by atoms with Crippen molar-refractivity contribution in [1.82, 2.24) is 9.55 Å². The van der Waals surface area contributed by atoms with Gasteiger partial charge in [0, 0.05) is 0 Å². The number of para-hydroxylation sites is 1. The molecule has 3 aromatic rings. The second-order valence-electron chi connectivity index (χ2n) is 4.69. The highest BCUT2D eigenvalue weighted by Gasteiger charge is 2.16. The molecule has 0 saturated carbocycles. The standard InChI is InChI=1S/C16H11Cl2N3/c1-10-4-2-6-13(11(10)9-19)21-14-7-3-5-12(18)16(14)20-15(21)8-17/h2-7H,8H2,1H3. The Balaban J connectivity index is 2.43. The minimum absolute atomic E-state index is 0.240. The van der Waals surface area contributed by atoms with Crippen molar-refractivity contribution in [2.45, 2.75) is 12.8 Å². The van der Waals surface area contributed by atoms with Crippen LogP contribution in [0.15, 0.2) is 36.4 Å². The van der Waals surface area contributed by atoms with Gasteiger partial charge in [-0.3, -0.25) is 4.57 Å². The van der Waals surface area contributed by atoms with E-state index in [0.29, 0.717) is 21.9 Å². The lowest BCUT2D eigenvalue weighted by atomic mass is 10.1. The fourth-order valence-electron chi connectivity index (χ4n) is 2.46. The number of rotatable bonds is 2. The number of halogens is 2. The van der Waals surface area contributed by atoms with E-state index in [1.165, 1.54) is 0 Å². The predicted octanol–water partition coefficient (Wildman–Crippen LogP) is 4.60. The summed E-state index contributed by atoms with van der Waals surface area (Å²) >= 11 is 12.2. The van der Waals surface area contributed by atoms with Crippen LogP contribution in [-0.2, 0) is 5.88 Å². The van der Waals surface area contributed by atoms with Crippen molar-refractivity contribution in [3.05, 3.63) is 58.4 Å². The number of aryl methyl sites for hydroxylation is 1. The van der Waals surface area contributed by atoms with Crippen LogP contribution in [0.2, 0.25) is 5.02 Å². The first-order valence-electron chi connectivity index (χ1n) is 6.39. The van der Waals surface area contributed by atoms with E-state index in [1.54, 1.807) is 6.07 Å². The summed E-state index contributed by atoms with van der Waals surface area (Å²) in [6.45, 7) is 1.91. The molecule has 0 saturated heterocycles. The zero-order valence-electron chi connectivity index (χ0n) is 11.3. The number of alkyl halides is 1. The average Bonchev–Trinajstić information content (AvgIpc) is 2.87. The van der Waals surface area contributed by atoms with Gasteiger partial charge in [0.2, 0.25) is 0 Å². The van der Waals surface area contributed by atoms with Gasteiger partial charge in [-0.25, -0.2) is 4.98 Å². The third-order valence-corrected chi connectivity index (χ3v) is 3.97. The lowest BCUT2D eigenvalue weighted by Gasteiger charge is -2.11. The van der Waals surface area contributed by atoms with Gasteiger partial charge in [0.05, 0.1) is 27.7 Å². The lowest BCUT2D eigenvalue weighted by molar-refractivity contribution is 0.976. The van der Waals surface area contributed by atoms with E-state index in [9.17, 15) is 5.26 Å². The van der Waals surface area contributed by atoms with Gasteiger partial charge in [-0.2, -0.15) is 5.26 Å². The van der Waals surface area contributed by atoms with Crippen molar-refractivity contribution in [2.75, 3.05) is 0 Å². The van der Waals surface area contributed by atoms with Crippen LogP contribution in [-0.4, -0.2) is 9.55 Å². The Morgan fingerprint density at radius 2 is 2.00 bits per heavy atom. The minimum Gasteiger partial charge on any atom is -0.294 e. The Hall–Kier alpha value is -2.02. The molecule has 3 rings (SSSR count). The van der Waals surface area contributed by atoms with Gasteiger partial charge in [-0.1, -0.05) is 29.8 Å². The first-order chi connectivity index (χ1) is 10.2. The van der Waals surface area contributed by atoms with E-state index in [-0.39, 0.29) is 5.88 Å². The van der Waals surface area contributed by atoms with Crippen LogP contribution in [0.1, 0.15) is 17.0 Å². The number of fused-ring (bicyclic) bond motifs is 1. The first kappa shape index (κ1) is 13.9. The number of benzene rings is 2. The van der Waals surface area contributed by atoms with Gasteiger partial charge in [0.1, 0.15) is 17.4 Å². The molecule has 1 heterocycles. The third kappa shape index (κ3) is 2.17. The summed E-state index contributed by atoms with van der Waals surface area (Å²) < 4.78 is 1.90. The SMILES string of the molecule is Cc1cccc(-n2c(CCl)nc3c(Cl)cccc32)c1C#N. The molecule has 0 aliphatic carbocycles. The van der Waals surface area contributed by atoms with E-state index < -0.39 is 0 Å². The van der Waals surface area contributed by atoms with E-state index in [4.69, 9.17) is 23.2 Å². The Labute approximate surface area is 132 Å². The van der Waals surface area contributed by atoms with Crippen molar-refractivity contribution >= 4 is 34.2 Å².